The summed E-state index contributed by atoms with van der Waals surface area (Å²) in [7, 11) is 1.57. The van der Waals surface area contributed by atoms with Crippen molar-refractivity contribution in [1.29, 1.82) is 0 Å². The van der Waals surface area contributed by atoms with Gasteiger partial charge in [0.15, 0.2) is 17.2 Å². The van der Waals surface area contributed by atoms with Crippen molar-refractivity contribution in [3.8, 4) is 17.2 Å². The van der Waals surface area contributed by atoms with Gasteiger partial charge in [-0.15, -0.1) is 0 Å². The molecule has 0 radical (unpaired) electrons. The van der Waals surface area contributed by atoms with Crippen LogP contribution in [0.1, 0.15) is 29.8 Å². The molecule has 130 valence electrons. The van der Waals surface area contributed by atoms with E-state index in [9.17, 15) is 9.59 Å². The van der Waals surface area contributed by atoms with E-state index < -0.39 is 5.97 Å². The molecule has 3 rings (SSSR count). The van der Waals surface area contributed by atoms with Crippen LogP contribution in [0.3, 0.4) is 0 Å². The molecule has 1 aliphatic rings. The van der Waals surface area contributed by atoms with Gasteiger partial charge in [0.1, 0.15) is 0 Å². The maximum Gasteiger partial charge on any atom is 0.338 e. The molecule has 1 amide bonds. The molecule has 0 bridgehead atoms. The summed E-state index contributed by atoms with van der Waals surface area (Å²) in [6.45, 7) is 3.83. The summed E-state index contributed by atoms with van der Waals surface area (Å²) < 4.78 is 16.4. The molecule has 2 aromatic carbocycles. The summed E-state index contributed by atoms with van der Waals surface area (Å²) in [6.07, 6.45) is 0. The number of esters is 1. The molecule has 2 aromatic rings. The van der Waals surface area contributed by atoms with Crippen molar-refractivity contribution >= 4 is 17.6 Å². The predicted octanol–water partition coefficient (Wildman–Crippen LogP) is 3.53. The average molecular weight is 341 g/mol. The van der Waals surface area contributed by atoms with Gasteiger partial charge >= 0.3 is 5.97 Å². The largest absolute Gasteiger partial charge is 0.493 e. The molecule has 0 N–H and O–H groups in total. The van der Waals surface area contributed by atoms with E-state index in [-0.39, 0.29) is 12.5 Å². The van der Waals surface area contributed by atoms with Crippen LogP contribution in [0.15, 0.2) is 36.4 Å². The predicted molar refractivity (Wildman–Crippen MR) is 92.3 cm³/mol. The molecule has 0 aromatic heterocycles. The van der Waals surface area contributed by atoms with Gasteiger partial charge in [-0.2, -0.15) is 0 Å². The third kappa shape index (κ3) is 3.15. The number of fused-ring (bicyclic) bond motifs is 2. The zero-order valence-electron chi connectivity index (χ0n) is 14.4. The highest BCUT2D eigenvalue weighted by molar-refractivity contribution is 5.97. The molecule has 6 heteroatoms. The monoisotopic (exact) mass is 341 g/mol. The van der Waals surface area contributed by atoms with Gasteiger partial charge in [-0.25, -0.2) is 4.79 Å². The number of rotatable bonds is 3. The number of carbonyl (C=O) groups is 2. The first-order valence-corrected chi connectivity index (χ1v) is 7.98. The Morgan fingerprint density at radius 2 is 2.04 bits per heavy atom. The van der Waals surface area contributed by atoms with E-state index in [2.05, 4.69) is 0 Å². The first-order valence-electron chi connectivity index (χ1n) is 7.98. The molecule has 25 heavy (non-hydrogen) atoms. The number of para-hydroxylation sites is 1. The maximum atomic E-state index is 12.2. The van der Waals surface area contributed by atoms with Crippen LogP contribution in [0.25, 0.3) is 0 Å². The molecular formula is C19H19NO5. The third-order valence-electron chi connectivity index (χ3n) is 3.96. The number of ether oxygens (including phenoxy) is 3. The Hall–Kier alpha value is -3.02. The highest BCUT2D eigenvalue weighted by Gasteiger charge is 2.26. The van der Waals surface area contributed by atoms with Crippen LogP contribution < -0.4 is 14.4 Å². The minimum Gasteiger partial charge on any atom is -0.493 e. The Balaban J connectivity index is 2.12. The number of methoxy groups -OCH3 is 1. The lowest BCUT2D eigenvalue weighted by Crippen LogP contribution is -2.27. The maximum absolute atomic E-state index is 12.2. The quantitative estimate of drug-likeness (QED) is 0.799. The van der Waals surface area contributed by atoms with Gasteiger partial charge in [-0.1, -0.05) is 12.1 Å². The summed E-state index contributed by atoms with van der Waals surface area (Å²) in [5.74, 6) is 1.04. The number of nitrogens with zero attached hydrogens (tertiary/aromatic N) is 1. The minimum absolute atomic E-state index is 0.151. The van der Waals surface area contributed by atoms with Crippen LogP contribution >= 0.6 is 0 Å². The van der Waals surface area contributed by atoms with Gasteiger partial charge in [0.05, 0.1) is 31.5 Å². The van der Waals surface area contributed by atoms with Gasteiger partial charge in [0.25, 0.3) is 0 Å². The summed E-state index contributed by atoms with van der Waals surface area (Å²) in [4.78, 5) is 25.8. The Morgan fingerprint density at radius 3 is 2.72 bits per heavy atom. The summed E-state index contributed by atoms with van der Waals surface area (Å²) in [5.41, 5.74) is 1.72. The number of benzene rings is 2. The molecular weight excluding hydrogens is 322 g/mol. The van der Waals surface area contributed by atoms with Crippen molar-refractivity contribution in [2.45, 2.75) is 20.4 Å². The Labute approximate surface area is 145 Å². The summed E-state index contributed by atoms with van der Waals surface area (Å²) in [6, 6.07) is 10.4. The van der Waals surface area contributed by atoms with Crippen molar-refractivity contribution < 1.29 is 23.8 Å². The van der Waals surface area contributed by atoms with Gasteiger partial charge in [-0.05, 0) is 31.2 Å². The van der Waals surface area contributed by atoms with Crippen molar-refractivity contribution in [1.82, 2.24) is 0 Å². The van der Waals surface area contributed by atoms with E-state index in [0.717, 1.165) is 5.56 Å². The topological polar surface area (TPSA) is 65.1 Å². The van der Waals surface area contributed by atoms with Gasteiger partial charge in [-0.3, -0.25) is 4.79 Å². The van der Waals surface area contributed by atoms with Crippen LogP contribution in [0.2, 0.25) is 0 Å². The van der Waals surface area contributed by atoms with E-state index in [1.54, 1.807) is 43.2 Å². The molecule has 0 saturated heterocycles. The van der Waals surface area contributed by atoms with Crippen LogP contribution in [-0.2, 0) is 16.1 Å². The van der Waals surface area contributed by atoms with Crippen LogP contribution in [0.5, 0.6) is 17.2 Å². The van der Waals surface area contributed by atoms with Gasteiger partial charge < -0.3 is 19.1 Å². The van der Waals surface area contributed by atoms with Crippen molar-refractivity contribution in [3.05, 3.63) is 47.5 Å². The number of hydrogen-bond donors (Lipinski definition) is 0. The fourth-order valence-electron chi connectivity index (χ4n) is 2.76. The van der Waals surface area contributed by atoms with E-state index in [1.807, 2.05) is 12.1 Å². The lowest BCUT2D eigenvalue weighted by atomic mass is 10.1. The Bertz CT molecular complexity index is 831. The molecule has 6 nitrogen and oxygen atoms in total. The molecule has 0 spiro atoms. The third-order valence-corrected chi connectivity index (χ3v) is 3.96. The van der Waals surface area contributed by atoms with E-state index in [0.29, 0.717) is 35.0 Å². The second kappa shape index (κ2) is 6.84. The van der Waals surface area contributed by atoms with Gasteiger partial charge in [0, 0.05) is 12.5 Å². The van der Waals surface area contributed by atoms with Crippen molar-refractivity contribution in [2.75, 3.05) is 18.6 Å². The summed E-state index contributed by atoms with van der Waals surface area (Å²) >= 11 is 0. The molecule has 1 aliphatic heterocycles. The Kier molecular flexibility index (Phi) is 4.61. The van der Waals surface area contributed by atoms with Crippen LogP contribution in [0, 0.1) is 0 Å². The Morgan fingerprint density at radius 1 is 1.24 bits per heavy atom. The standard InChI is InChI=1S/C19H19NO5/c1-4-24-19(22)13-8-9-16-15(10-13)20(12(2)21)11-14-6-5-7-17(23-3)18(14)25-16/h5-10H,4,11H2,1-3H3. The van der Waals surface area contributed by atoms with Crippen LogP contribution in [0.4, 0.5) is 5.69 Å². The molecule has 0 aliphatic carbocycles. The number of anilines is 1. The van der Waals surface area contributed by atoms with E-state index in [1.165, 1.54) is 6.92 Å². The summed E-state index contributed by atoms with van der Waals surface area (Å²) in [5, 5.41) is 0. The lowest BCUT2D eigenvalue weighted by Gasteiger charge is -2.20. The first-order chi connectivity index (χ1) is 12.0. The van der Waals surface area contributed by atoms with Gasteiger partial charge in [0.2, 0.25) is 5.91 Å². The van der Waals surface area contributed by atoms with E-state index >= 15 is 0 Å². The molecule has 0 unspecified atom stereocenters. The van der Waals surface area contributed by atoms with Crippen molar-refractivity contribution in [2.24, 2.45) is 0 Å². The molecule has 0 saturated carbocycles. The van der Waals surface area contributed by atoms with E-state index in [4.69, 9.17) is 14.2 Å². The average Bonchev–Trinajstić information content (AvgIpc) is 2.77. The fourth-order valence-corrected chi connectivity index (χ4v) is 2.76. The zero-order chi connectivity index (χ0) is 18.0. The number of carbonyl (C=O) groups excluding carboxylic acids is 2. The van der Waals surface area contributed by atoms with Crippen molar-refractivity contribution in [3.63, 3.8) is 0 Å². The lowest BCUT2D eigenvalue weighted by molar-refractivity contribution is -0.116. The zero-order valence-corrected chi connectivity index (χ0v) is 14.4. The fraction of sp³-hybridized carbons (Fsp3) is 0.263. The number of amides is 1. The molecule has 0 atom stereocenters. The van der Waals surface area contributed by atoms with Crippen LogP contribution in [-0.4, -0.2) is 25.6 Å². The number of hydrogen-bond acceptors (Lipinski definition) is 5. The highest BCUT2D eigenvalue weighted by Crippen LogP contribution is 2.43. The second-order valence-electron chi connectivity index (χ2n) is 5.56. The minimum atomic E-state index is -0.437. The smallest absolute Gasteiger partial charge is 0.338 e. The molecule has 0 fully saturated rings. The normalized spacial score (nSPS) is 12.4. The second-order valence-corrected chi connectivity index (χ2v) is 5.56. The SMILES string of the molecule is CCOC(=O)c1ccc2c(c1)N(C(C)=O)Cc1cccc(OC)c1O2. The molecule has 1 heterocycles. The highest BCUT2D eigenvalue weighted by atomic mass is 16.5. The first kappa shape index (κ1) is 16.8.